The number of carboxylic acid groups (broad SMARTS) is 1. The largest absolute Gasteiger partial charge is 0.548 e. The van der Waals surface area contributed by atoms with Crippen molar-refractivity contribution in [1.82, 2.24) is 5.32 Å². The molecule has 3 nitrogen and oxygen atoms in total. The summed E-state index contributed by atoms with van der Waals surface area (Å²) in [4.78, 5) is 10.5. The number of fused-ring (bicyclic) bond motifs is 1. The third-order valence-corrected chi connectivity index (χ3v) is 2.90. The molecule has 1 saturated carbocycles. The van der Waals surface area contributed by atoms with Gasteiger partial charge in [-0.2, -0.15) is 0 Å². The van der Waals surface area contributed by atoms with Crippen LogP contribution in [0.15, 0.2) is 0 Å². The van der Waals surface area contributed by atoms with E-state index in [2.05, 4.69) is 5.32 Å². The van der Waals surface area contributed by atoms with Crippen LogP contribution in [0.3, 0.4) is 0 Å². The zero-order valence-corrected chi connectivity index (χ0v) is 6.38. The van der Waals surface area contributed by atoms with Crippen molar-refractivity contribution in [1.29, 1.82) is 0 Å². The number of carboxylic acids is 1. The van der Waals surface area contributed by atoms with Gasteiger partial charge in [0.15, 0.2) is 0 Å². The highest BCUT2D eigenvalue weighted by Crippen LogP contribution is 2.34. The van der Waals surface area contributed by atoms with Gasteiger partial charge in [0.25, 0.3) is 0 Å². The summed E-state index contributed by atoms with van der Waals surface area (Å²) in [5.41, 5.74) is 0. The summed E-state index contributed by atoms with van der Waals surface area (Å²) in [7, 11) is 0. The highest BCUT2D eigenvalue weighted by atomic mass is 16.4. The molecule has 3 atom stereocenters. The molecule has 0 radical (unpaired) electrons. The van der Waals surface area contributed by atoms with Crippen LogP contribution in [0.25, 0.3) is 0 Å². The topological polar surface area (TPSA) is 52.2 Å². The van der Waals surface area contributed by atoms with Gasteiger partial charge in [-0.25, -0.2) is 0 Å². The monoisotopic (exact) mass is 154 g/mol. The molecule has 0 amide bonds. The number of rotatable bonds is 1. The van der Waals surface area contributed by atoms with Crippen LogP contribution in [0.2, 0.25) is 0 Å². The Balaban J connectivity index is 1.99. The lowest BCUT2D eigenvalue weighted by molar-refractivity contribution is -0.308. The van der Waals surface area contributed by atoms with E-state index in [1.807, 2.05) is 0 Å². The van der Waals surface area contributed by atoms with E-state index in [1.165, 1.54) is 12.8 Å². The number of aliphatic carboxylic acids is 1. The molecule has 1 saturated heterocycles. The maximum atomic E-state index is 10.5. The third kappa shape index (κ3) is 1.13. The maximum Gasteiger partial charge on any atom is 0.0584 e. The Bertz CT molecular complexity index is 169. The van der Waals surface area contributed by atoms with Crippen LogP contribution in [0.1, 0.15) is 25.7 Å². The standard InChI is InChI=1S/C8H13NO2/c10-8(11)7-4-5-2-1-3-6(5)9-7/h5-7,9H,1-4H2,(H,10,11)/p-1/t5-,6-,7-/m0/s1. The second-order valence-electron chi connectivity index (χ2n) is 3.57. The van der Waals surface area contributed by atoms with Crippen molar-refractivity contribution in [2.75, 3.05) is 0 Å². The van der Waals surface area contributed by atoms with Crippen molar-refractivity contribution in [2.24, 2.45) is 5.92 Å². The van der Waals surface area contributed by atoms with Crippen LogP contribution in [-0.4, -0.2) is 18.1 Å². The molecule has 11 heavy (non-hydrogen) atoms. The maximum absolute atomic E-state index is 10.5. The molecule has 0 unspecified atom stereocenters. The van der Waals surface area contributed by atoms with Gasteiger partial charge in [0.05, 0.1) is 5.97 Å². The first-order valence-electron chi connectivity index (χ1n) is 4.24. The van der Waals surface area contributed by atoms with E-state index in [1.54, 1.807) is 0 Å². The second kappa shape index (κ2) is 2.48. The molecule has 2 rings (SSSR count). The summed E-state index contributed by atoms with van der Waals surface area (Å²) in [6, 6.07) is 0.100. The molecule has 1 N–H and O–H groups in total. The molecule has 0 aromatic heterocycles. The molecule has 2 fully saturated rings. The van der Waals surface area contributed by atoms with Gasteiger partial charge in [-0.15, -0.1) is 0 Å². The van der Waals surface area contributed by atoms with E-state index in [0.29, 0.717) is 12.0 Å². The highest BCUT2D eigenvalue weighted by Gasteiger charge is 2.36. The van der Waals surface area contributed by atoms with Crippen LogP contribution in [0.4, 0.5) is 0 Å². The quantitative estimate of drug-likeness (QED) is 0.541. The lowest BCUT2D eigenvalue weighted by Gasteiger charge is -2.12. The van der Waals surface area contributed by atoms with Crippen molar-refractivity contribution < 1.29 is 9.90 Å². The Morgan fingerprint density at radius 2 is 2.27 bits per heavy atom. The van der Waals surface area contributed by atoms with Crippen LogP contribution in [0.5, 0.6) is 0 Å². The number of carbonyl (C=O) groups excluding carboxylic acids is 1. The molecular formula is C8H12NO2-. The van der Waals surface area contributed by atoms with E-state index in [9.17, 15) is 9.90 Å². The van der Waals surface area contributed by atoms with Gasteiger partial charge in [0.1, 0.15) is 0 Å². The van der Waals surface area contributed by atoms with E-state index >= 15 is 0 Å². The predicted octanol–water partition coefficient (Wildman–Crippen LogP) is -0.733. The zero-order chi connectivity index (χ0) is 7.84. The van der Waals surface area contributed by atoms with Crippen LogP contribution < -0.4 is 10.4 Å². The van der Waals surface area contributed by atoms with Crippen LogP contribution >= 0.6 is 0 Å². The Labute approximate surface area is 65.8 Å². The molecule has 0 bridgehead atoms. The average molecular weight is 154 g/mol. The van der Waals surface area contributed by atoms with Gasteiger partial charge in [-0.05, 0) is 25.2 Å². The normalized spacial score (nSPS) is 42.4. The van der Waals surface area contributed by atoms with Gasteiger partial charge >= 0.3 is 0 Å². The van der Waals surface area contributed by atoms with Gasteiger partial charge in [-0.1, -0.05) is 6.42 Å². The minimum Gasteiger partial charge on any atom is -0.548 e. The van der Waals surface area contributed by atoms with Crippen molar-refractivity contribution in [3.63, 3.8) is 0 Å². The number of carbonyl (C=O) groups is 1. The Morgan fingerprint density at radius 1 is 1.45 bits per heavy atom. The van der Waals surface area contributed by atoms with Gasteiger partial charge in [-0.3, -0.25) is 0 Å². The molecule has 3 heteroatoms. The van der Waals surface area contributed by atoms with Gasteiger partial charge in [0, 0.05) is 12.1 Å². The van der Waals surface area contributed by atoms with Crippen molar-refractivity contribution in [3.05, 3.63) is 0 Å². The molecule has 0 aromatic carbocycles. The molecule has 1 heterocycles. The van der Waals surface area contributed by atoms with Crippen molar-refractivity contribution >= 4 is 5.97 Å². The minimum absolute atomic E-state index is 0.370. The van der Waals surface area contributed by atoms with E-state index in [0.717, 1.165) is 12.8 Å². The SMILES string of the molecule is O=C([O-])[C@@H]1C[C@@H]2CCC[C@@H]2N1. The van der Waals surface area contributed by atoms with E-state index in [-0.39, 0.29) is 6.04 Å². The molecule has 1 aliphatic heterocycles. The second-order valence-corrected chi connectivity index (χ2v) is 3.57. The average Bonchev–Trinajstić information content (AvgIpc) is 2.40. The lowest BCUT2D eigenvalue weighted by Crippen LogP contribution is -2.43. The first-order chi connectivity index (χ1) is 5.27. The summed E-state index contributed by atoms with van der Waals surface area (Å²) < 4.78 is 0. The molecule has 0 aromatic rings. The summed E-state index contributed by atoms with van der Waals surface area (Å²) in [6.45, 7) is 0. The third-order valence-electron chi connectivity index (χ3n) is 2.90. The summed E-state index contributed by atoms with van der Waals surface area (Å²) in [5, 5.41) is 13.5. The Morgan fingerprint density at radius 3 is 2.91 bits per heavy atom. The van der Waals surface area contributed by atoms with Crippen LogP contribution in [-0.2, 0) is 4.79 Å². The fraction of sp³-hybridized carbons (Fsp3) is 0.875. The van der Waals surface area contributed by atoms with Gasteiger partial charge < -0.3 is 15.2 Å². The number of hydrogen-bond acceptors (Lipinski definition) is 3. The molecule has 62 valence electrons. The van der Waals surface area contributed by atoms with Crippen molar-refractivity contribution in [3.8, 4) is 0 Å². The predicted molar refractivity (Wildman–Crippen MR) is 37.7 cm³/mol. The molecule has 1 aliphatic carbocycles. The Hall–Kier alpha value is -0.570. The smallest absolute Gasteiger partial charge is 0.0584 e. The highest BCUT2D eigenvalue weighted by molar-refractivity contribution is 5.71. The zero-order valence-electron chi connectivity index (χ0n) is 6.38. The Kier molecular flexibility index (Phi) is 1.60. The molecular weight excluding hydrogens is 142 g/mol. The fourth-order valence-corrected chi connectivity index (χ4v) is 2.33. The molecule has 0 spiro atoms. The first kappa shape index (κ1) is 7.10. The van der Waals surface area contributed by atoms with Gasteiger partial charge in [0.2, 0.25) is 0 Å². The summed E-state index contributed by atoms with van der Waals surface area (Å²) >= 11 is 0. The number of nitrogens with one attached hydrogen (secondary N) is 1. The van der Waals surface area contributed by atoms with Crippen LogP contribution in [0, 0.1) is 5.92 Å². The lowest BCUT2D eigenvalue weighted by atomic mass is 10.0. The van der Waals surface area contributed by atoms with E-state index < -0.39 is 5.97 Å². The van der Waals surface area contributed by atoms with Crippen molar-refractivity contribution in [2.45, 2.75) is 37.8 Å². The first-order valence-corrected chi connectivity index (χ1v) is 4.24. The van der Waals surface area contributed by atoms with E-state index in [4.69, 9.17) is 0 Å². The summed E-state index contributed by atoms with van der Waals surface area (Å²) in [5.74, 6) is -0.322. The minimum atomic E-state index is -0.931. The fourth-order valence-electron chi connectivity index (χ4n) is 2.33. The molecule has 2 aliphatic rings. The summed E-state index contributed by atoms with van der Waals surface area (Å²) in [6.07, 6.45) is 4.38. The number of hydrogen-bond donors (Lipinski definition) is 1.